The molecule has 6 heteroatoms. The molecule has 1 fully saturated rings. The molecule has 1 aromatic carbocycles. The molecule has 0 spiro atoms. The molecule has 16 heavy (non-hydrogen) atoms. The van der Waals surface area contributed by atoms with Crippen LogP contribution in [0.4, 0.5) is 5.69 Å². The summed E-state index contributed by atoms with van der Waals surface area (Å²) in [5.41, 5.74) is 0.873. The Balaban J connectivity index is 2.28. The third-order valence-corrected chi connectivity index (χ3v) is 5.94. The molecule has 0 N–H and O–H groups in total. The zero-order valence-electron chi connectivity index (χ0n) is 8.50. The normalized spacial score (nSPS) is 25.2. The molecule has 2 rings (SSSR count). The predicted molar refractivity (Wildman–Crippen MR) is 65.9 cm³/mol. The Morgan fingerprint density at radius 1 is 1.50 bits per heavy atom. The Hall–Kier alpha value is -0.880. The lowest BCUT2D eigenvalue weighted by atomic mass is 10.2. The standard InChI is InChI=1S/C10H11NO3S2/c12-11(13)9-4-1-3-8(7-9)10-15-5-2-6-16(10)14/h1,3-4,7,10H,2,5-6H2/t10-,16?/m0/s1. The van der Waals surface area contributed by atoms with Crippen molar-refractivity contribution >= 4 is 28.2 Å². The minimum atomic E-state index is -0.910. The van der Waals surface area contributed by atoms with Crippen LogP contribution in [0, 0.1) is 10.1 Å². The van der Waals surface area contributed by atoms with Crippen LogP contribution in [0.15, 0.2) is 24.3 Å². The molecule has 1 unspecified atom stereocenters. The zero-order valence-corrected chi connectivity index (χ0v) is 10.1. The Labute approximate surface area is 100 Å². The maximum absolute atomic E-state index is 11.8. The summed E-state index contributed by atoms with van der Waals surface area (Å²) in [6.07, 6.45) is 0.961. The average molecular weight is 257 g/mol. The van der Waals surface area contributed by atoms with Gasteiger partial charge in [0.2, 0.25) is 0 Å². The Kier molecular flexibility index (Phi) is 3.60. The van der Waals surface area contributed by atoms with Gasteiger partial charge in [-0.25, -0.2) is 0 Å². The lowest BCUT2D eigenvalue weighted by Gasteiger charge is -2.20. The number of thioether (sulfide) groups is 1. The van der Waals surface area contributed by atoms with Crippen LogP contribution in [-0.2, 0) is 10.8 Å². The molecular formula is C10H11NO3S2. The van der Waals surface area contributed by atoms with E-state index in [-0.39, 0.29) is 10.3 Å². The van der Waals surface area contributed by atoms with Gasteiger partial charge in [0.25, 0.3) is 5.69 Å². The van der Waals surface area contributed by atoms with Gasteiger partial charge in [0.15, 0.2) is 0 Å². The summed E-state index contributed by atoms with van der Waals surface area (Å²) >= 11 is 1.62. The first kappa shape index (κ1) is 11.6. The SMILES string of the molecule is O=[N+]([O-])c1cccc([C@H]2SCCCS2=O)c1. The molecule has 4 nitrogen and oxygen atoms in total. The first-order chi connectivity index (χ1) is 7.68. The Morgan fingerprint density at radius 3 is 3.00 bits per heavy atom. The van der Waals surface area contributed by atoms with Crippen LogP contribution in [0.2, 0.25) is 0 Å². The highest BCUT2D eigenvalue weighted by Crippen LogP contribution is 2.37. The fourth-order valence-electron chi connectivity index (χ4n) is 1.61. The summed E-state index contributed by atoms with van der Waals surface area (Å²) < 4.78 is 11.7. The molecule has 0 bridgehead atoms. The van der Waals surface area contributed by atoms with Gasteiger partial charge in [0.05, 0.1) is 4.92 Å². The van der Waals surface area contributed by atoms with Crippen LogP contribution in [0.1, 0.15) is 16.6 Å². The molecule has 0 aliphatic carbocycles. The minimum absolute atomic E-state index is 0.0701. The zero-order chi connectivity index (χ0) is 11.5. The van der Waals surface area contributed by atoms with E-state index in [0.29, 0.717) is 5.75 Å². The van der Waals surface area contributed by atoms with E-state index in [9.17, 15) is 14.3 Å². The van der Waals surface area contributed by atoms with Crippen molar-refractivity contribution in [3.05, 3.63) is 39.9 Å². The minimum Gasteiger partial charge on any atom is -0.258 e. The first-order valence-corrected chi connectivity index (χ1v) is 7.35. The van der Waals surface area contributed by atoms with Gasteiger partial charge < -0.3 is 0 Å². The molecule has 1 heterocycles. The summed E-state index contributed by atoms with van der Waals surface area (Å²) in [6.45, 7) is 0. The molecule has 0 amide bonds. The van der Waals surface area contributed by atoms with Crippen LogP contribution < -0.4 is 0 Å². The van der Waals surface area contributed by atoms with E-state index in [1.54, 1.807) is 17.8 Å². The van der Waals surface area contributed by atoms with Gasteiger partial charge in [-0.3, -0.25) is 14.3 Å². The third kappa shape index (κ3) is 2.44. The third-order valence-electron chi connectivity index (χ3n) is 2.35. The fraction of sp³-hybridized carbons (Fsp3) is 0.400. The van der Waals surface area contributed by atoms with Gasteiger partial charge in [-0.2, -0.15) is 0 Å². The maximum Gasteiger partial charge on any atom is 0.269 e. The van der Waals surface area contributed by atoms with Crippen LogP contribution in [0.3, 0.4) is 0 Å². The molecule has 1 aliphatic rings. The number of hydrogen-bond donors (Lipinski definition) is 0. The van der Waals surface area contributed by atoms with E-state index in [1.807, 2.05) is 6.07 Å². The van der Waals surface area contributed by atoms with Gasteiger partial charge >= 0.3 is 0 Å². The highest BCUT2D eigenvalue weighted by molar-refractivity contribution is 8.11. The van der Waals surface area contributed by atoms with Gasteiger partial charge in [0.1, 0.15) is 4.58 Å². The van der Waals surface area contributed by atoms with Crippen molar-refractivity contribution in [1.82, 2.24) is 0 Å². The number of rotatable bonds is 2. The largest absolute Gasteiger partial charge is 0.269 e. The van der Waals surface area contributed by atoms with Gasteiger partial charge in [-0.15, -0.1) is 11.8 Å². The predicted octanol–water partition coefficient (Wildman–Crippen LogP) is 2.48. The van der Waals surface area contributed by atoms with Crippen LogP contribution in [0.5, 0.6) is 0 Å². The van der Waals surface area contributed by atoms with Crippen LogP contribution in [0.25, 0.3) is 0 Å². The first-order valence-electron chi connectivity index (χ1n) is 4.91. The average Bonchev–Trinajstić information content (AvgIpc) is 2.30. The molecule has 1 aromatic rings. The van der Waals surface area contributed by atoms with Crippen molar-refractivity contribution in [2.75, 3.05) is 11.5 Å². The molecular weight excluding hydrogens is 246 g/mol. The van der Waals surface area contributed by atoms with Crippen molar-refractivity contribution in [2.45, 2.75) is 11.0 Å². The quantitative estimate of drug-likeness (QED) is 0.603. The topological polar surface area (TPSA) is 60.2 Å². The van der Waals surface area contributed by atoms with Crippen molar-refractivity contribution in [3.8, 4) is 0 Å². The van der Waals surface area contributed by atoms with E-state index in [1.165, 1.54) is 12.1 Å². The van der Waals surface area contributed by atoms with Gasteiger partial charge in [-0.1, -0.05) is 12.1 Å². The summed E-state index contributed by atoms with van der Waals surface area (Å²) in [5.74, 6) is 1.67. The number of nitro benzene ring substituents is 1. The molecule has 0 radical (unpaired) electrons. The number of hydrogen-bond acceptors (Lipinski definition) is 4. The van der Waals surface area contributed by atoms with E-state index in [0.717, 1.165) is 17.7 Å². The van der Waals surface area contributed by atoms with Crippen molar-refractivity contribution in [2.24, 2.45) is 0 Å². The molecule has 1 saturated heterocycles. The summed E-state index contributed by atoms with van der Waals surface area (Å²) in [7, 11) is -0.910. The van der Waals surface area contributed by atoms with Crippen molar-refractivity contribution in [1.29, 1.82) is 0 Å². The summed E-state index contributed by atoms with van der Waals surface area (Å²) in [5, 5.41) is 10.6. The Bertz CT molecular complexity index is 436. The van der Waals surface area contributed by atoms with E-state index < -0.39 is 15.7 Å². The molecule has 0 saturated carbocycles. The number of benzene rings is 1. The highest BCUT2D eigenvalue weighted by Gasteiger charge is 2.24. The molecule has 1 aliphatic heterocycles. The van der Waals surface area contributed by atoms with E-state index in [4.69, 9.17) is 0 Å². The monoisotopic (exact) mass is 257 g/mol. The lowest BCUT2D eigenvalue weighted by molar-refractivity contribution is -0.384. The lowest BCUT2D eigenvalue weighted by Crippen LogP contribution is -2.13. The second kappa shape index (κ2) is 4.97. The molecule has 2 atom stereocenters. The van der Waals surface area contributed by atoms with Crippen LogP contribution >= 0.6 is 11.8 Å². The maximum atomic E-state index is 11.8. The smallest absolute Gasteiger partial charge is 0.258 e. The fourth-order valence-corrected chi connectivity index (χ4v) is 4.93. The van der Waals surface area contributed by atoms with Crippen molar-refractivity contribution < 1.29 is 9.13 Å². The summed E-state index contributed by atoms with van der Waals surface area (Å²) in [4.78, 5) is 10.2. The molecule has 0 aromatic heterocycles. The number of nitrogens with zero attached hydrogens (tertiary/aromatic N) is 1. The molecule has 86 valence electrons. The summed E-state index contributed by atoms with van der Waals surface area (Å²) in [6, 6.07) is 6.45. The number of nitro groups is 1. The highest BCUT2D eigenvalue weighted by atomic mass is 32.2. The van der Waals surface area contributed by atoms with Crippen molar-refractivity contribution in [3.63, 3.8) is 0 Å². The Morgan fingerprint density at radius 2 is 2.31 bits per heavy atom. The second-order valence-electron chi connectivity index (χ2n) is 3.49. The van der Waals surface area contributed by atoms with Crippen LogP contribution in [-0.4, -0.2) is 20.6 Å². The van der Waals surface area contributed by atoms with Gasteiger partial charge in [-0.05, 0) is 17.7 Å². The van der Waals surface area contributed by atoms with E-state index in [2.05, 4.69) is 0 Å². The van der Waals surface area contributed by atoms with Gasteiger partial charge in [0, 0.05) is 28.7 Å². The number of non-ortho nitro benzene ring substituents is 1. The van der Waals surface area contributed by atoms with E-state index >= 15 is 0 Å². The second-order valence-corrected chi connectivity index (χ2v) is 6.65.